The Bertz CT molecular complexity index is 583. The normalized spacial score (nSPS) is 17.6. The molecule has 6 nitrogen and oxygen atoms in total. The lowest BCUT2D eigenvalue weighted by atomic mass is 10.2. The fourth-order valence-electron chi connectivity index (χ4n) is 1.28. The van der Waals surface area contributed by atoms with Gasteiger partial charge in [-0.05, 0) is 11.4 Å². The molecule has 0 aliphatic carbocycles. The van der Waals surface area contributed by atoms with Crippen molar-refractivity contribution in [3.05, 3.63) is 22.7 Å². The van der Waals surface area contributed by atoms with Gasteiger partial charge in [-0.3, -0.25) is 4.72 Å². The maximum absolute atomic E-state index is 11.7. The summed E-state index contributed by atoms with van der Waals surface area (Å²) in [5, 5.41) is 11.2. The number of carbonyl (C=O) groups excluding carboxylic acids is 1. The highest BCUT2D eigenvalue weighted by Crippen LogP contribution is 2.33. The van der Waals surface area contributed by atoms with Crippen LogP contribution in [0.15, 0.2) is 21.4 Å². The molecule has 86 valence electrons. The maximum Gasteiger partial charge on any atom is 0.359 e. The van der Waals surface area contributed by atoms with E-state index in [-0.39, 0.29) is 9.77 Å². The number of fused-ring (bicyclic) bond motifs is 1. The van der Waals surface area contributed by atoms with Gasteiger partial charge >= 0.3 is 5.97 Å². The van der Waals surface area contributed by atoms with E-state index in [2.05, 4.69) is 4.74 Å². The molecule has 8 heteroatoms. The van der Waals surface area contributed by atoms with Crippen LogP contribution in [0.3, 0.4) is 0 Å². The second kappa shape index (κ2) is 3.49. The minimum Gasteiger partial charge on any atom is -0.505 e. The maximum atomic E-state index is 11.7. The zero-order valence-corrected chi connectivity index (χ0v) is 9.68. The van der Waals surface area contributed by atoms with Crippen LogP contribution in [0.2, 0.25) is 0 Å². The van der Waals surface area contributed by atoms with E-state index in [1.165, 1.54) is 11.4 Å². The SMILES string of the molecule is COC(=O)C1=C(O)c2ccsc2S(=O)(=O)N1. The lowest BCUT2D eigenvalue weighted by Gasteiger charge is -2.16. The van der Waals surface area contributed by atoms with Crippen LogP contribution in [-0.2, 0) is 19.6 Å². The number of aliphatic hydroxyl groups is 1. The van der Waals surface area contributed by atoms with Gasteiger partial charge in [0.25, 0.3) is 10.0 Å². The molecule has 0 unspecified atom stereocenters. The number of methoxy groups -OCH3 is 1. The van der Waals surface area contributed by atoms with Crippen molar-refractivity contribution in [3.63, 3.8) is 0 Å². The van der Waals surface area contributed by atoms with Crippen LogP contribution >= 0.6 is 11.3 Å². The highest BCUT2D eigenvalue weighted by atomic mass is 32.2. The molecule has 16 heavy (non-hydrogen) atoms. The molecule has 0 aromatic carbocycles. The lowest BCUT2D eigenvalue weighted by molar-refractivity contribution is -0.136. The third-order valence-electron chi connectivity index (χ3n) is 1.99. The molecular weight excluding hydrogens is 254 g/mol. The molecule has 0 amide bonds. The minimum atomic E-state index is -3.79. The van der Waals surface area contributed by atoms with E-state index in [1.54, 1.807) is 0 Å². The largest absolute Gasteiger partial charge is 0.505 e. The first-order valence-corrected chi connectivity index (χ1v) is 6.46. The quantitative estimate of drug-likeness (QED) is 0.715. The number of ether oxygens (including phenoxy) is 1. The van der Waals surface area contributed by atoms with Crippen LogP contribution in [0.4, 0.5) is 0 Å². The number of thiophene rings is 1. The monoisotopic (exact) mass is 261 g/mol. The van der Waals surface area contributed by atoms with Crippen LogP contribution in [-0.4, -0.2) is 26.6 Å². The molecule has 1 aliphatic rings. The molecule has 0 bridgehead atoms. The molecule has 1 aromatic rings. The van der Waals surface area contributed by atoms with E-state index in [1.807, 2.05) is 4.72 Å². The first-order valence-electron chi connectivity index (χ1n) is 4.09. The average Bonchev–Trinajstić information content (AvgIpc) is 2.72. The molecule has 1 aromatic heterocycles. The highest BCUT2D eigenvalue weighted by molar-refractivity contribution is 7.91. The number of aliphatic hydroxyl groups excluding tert-OH is 1. The molecular formula is C8H7NO5S2. The number of nitrogens with one attached hydrogen (secondary N) is 1. The third kappa shape index (κ3) is 1.46. The molecule has 2 rings (SSSR count). The van der Waals surface area contributed by atoms with E-state index < -0.39 is 27.4 Å². The Balaban J connectivity index is 2.68. The van der Waals surface area contributed by atoms with Crippen LogP contribution in [0.5, 0.6) is 0 Å². The van der Waals surface area contributed by atoms with Gasteiger partial charge in [-0.2, -0.15) is 0 Å². The van der Waals surface area contributed by atoms with Crippen molar-refractivity contribution < 1.29 is 23.1 Å². The Labute approximate surface area is 95.2 Å². The van der Waals surface area contributed by atoms with E-state index in [0.29, 0.717) is 0 Å². The number of hydrogen-bond acceptors (Lipinski definition) is 6. The van der Waals surface area contributed by atoms with Gasteiger partial charge in [-0.25, -0.2) is 13.2 Å². The van der Waals surface area contributed by atoms with Crippen molar-refractivity contribution in [1.82, 2.24) is 4.72 Å². The van der Waals surface area contributed by atoms with Crippen LogP contribution in [0.25, 0.3) is 5.76 Å². The van der Waals surface area contributed by atoms with Gasteiger partial charge in [0.2, 0.25) is 0 Å². The standard InChI is InChI=1S/C8H7NO5S2/c1-14-7(11)5-6(10)4-2-3-15-8(4)16(12,13)9-5/h2-3,9-10H,1H3. The Morgan fingerprint density at radius 1 is 1.56 bits per heavy atom. The van der Waals surface area contributed by atoms with Crippen molar-refractivity contribution in [2.75, 3.05) is 7.11 Å². The molecule has 0 fully saturated rings. The van der Waals surface area contributed by atoms with Crippen molar-refractivity contribution >= 4 is 33.1 Å². The molecule has 0 saturated heterocycles. The zero-order chi connectivity index (χ0) is 11.9. The smallest absolute Gasteiger partial charge is 0.359 e. The first kappa shape index (κ1) is 11.0. The Hall–Kier alpha value is -1.54. The van der Waals surface area contributed by atoms with Gasteiger partial charge in [0.1, 0.15) is 0 Å². The van der Waals surface area contributed by atoms with Gasteiger partial charge in [-0.15, -0.1) is 11.3 Å². The highest BCUT2D eigenvalue weighted by Gasteiger charge is 2.34. The minimum absolute atomic E-state index is 0.0161. The Morgan fingerprint density at radius 3 is 2.88 bits per heavy atom. The summed E-state index contributed by atoms with van der Waals surface area (Å²) < 4.78 is 29.6. The summed E-state index contributed by atoms with van der Waals surface area (Å²) in [6, 6.07) is 1.43. The lowest BCUT2D eigenvalue weighted by Crippen LogP contribution is -2.32. The fraction of sp³-hybridized carbons (Fsp3) is 0.125. The van der Waals surface area contributed by atoms with E-state index in [4.69, 9.17) is 0 Å². The van der Waals surface area contributed by atoms with E-state index in [0.717, 1.165) is 18.4 Å². The molecule has 1 aliphatic heterocycles. The predicted molar refractivity (Wildman–Crippen MR) is 56.2 cm³/mol. The number of esters is 1. The predicted octanol–water partition coefficient (Wildman–Crippen LogP) is 0.440. The van der Waals surface area contributed by atoms with Gasteiger partial charge in [-0.1, -0.05) is 0 Å². The van der Waals surface area contributed by atoms with Crippen molar-refractivity contribution in [1.29, 1.82) is 0 Å². The molecule has 2 heterocycles. The third-order valence-corrected chi connectivity index (χ3v) is 4.83. The van der Waals surface area contributed by atoms with E-state index in [9.17, 15) is 18.3 Å². The summed E-state index contributed by atoms with van der Waals surface area (Å²) in [6.45, 7) is 0. The second-order valence-corrected chi connectivity index (χ2v) is 5.74. The molecule has 2 N–H and O–H groups in total. The van der Waals surface area contributed by atoms with E-state index >= 15 is 0 Å². The average molecular weight is 261 g/mol. The van der Waals surface area contributed by atoms with Gasteiger partial charge in [0.05, 0.1) is 12.7 Å². The molecule has 0 atom stereocenters. The zero-order valence-electron chi connectivity index (χ0n) is 8.05. The first-order chi connectivity index (χ1) is 7.47. The number of sulfonamides is 1. The molecule has 0 radical (unpaired) electrons. The molecule has 0 saturated carbocycles. The Kier molecular flexibility index (Phi) is 2.39. The number of hydrogen-bond donors (Lipinski definition) is 2. The summed E-state index contributed by atoms with van der Waals surface area (Å²) in [7, 11) is -2.69. The summed E-state index contributed by atoms with van der Waals surface area (Å²) in [5.41, 5.74) is -0.349. The number of carbonyl (C=O) groups is 1. The fourth-order valence-corrected chi connectivity index (χ4v) is 3.70. The summed E-state index contributed by atoms with van der Waals surface area (Å²) >= 11 is 0.961. The van der Waals surface area contributed by atoms with Crippen molar-refractivity contribution in [2.45, 2.75) is 4.21 Å². The van der Waals surface area contributed by atoms with Crippen molar-refractivity contribution in [2.24, 2.45) is 0 Å². The summed E-state index contributed by atoms with van der Waals surface area (Å²) in [6.07, 6.45) is 0. The molecule has 0 spiro atoms. The summed E-state index contributed by atoms with van der Waals surface area (Å²) in [4.78, 5) is 11.2. The second-order valence-electron chi connectivity index (χ2n) is 2.94. The van der Waals surface area contributed by atoms with Gasteiger partial charge in [0, 0.05) is 0 Å². The number of rotatable bonds is 1. The topological polar surface area (TPSA) is 92.7 Å². The van der Waals surface area contributed by atoms with Crippen LogP contribution in [0.1, 0.15) is 5.56 Å². The van der Waals surface area contributed by atoms with Gasteiger partial charge in [0.15, 0.2) is 15.7 Å². The summed E-state index contributed by atoms with van der Waals surface area (Å²) in [5.74, 6) is -1.35. The van der Waals surface area contributed by atoms with Crippen LogP contribution < -0.4 is 4.72 Å². The van der Waals surface area contributed by atoms with Crippen molar-refractivity contribution in [3.8, 4) is 0 Å². The van der Waals surface area contributed by atoms with Gasteiger partial charge < -0.3 is 9.84 Å². The van der Waals surface area contributed by atoms with Crippen LogP contribution in [0, 0.1) is 0 Å². The Morgan fingerprint density at radius 2 is 2.25 bits per heavy atom.